The Bertz CT molecular complexity index is 394. The summed E-state index contributed by atoms with van der Waals surface area (Å²) in [7, 11) is 0. The number of aromatic nitrogens is 1. The third kappa shape index (κ3) is 1.29. The van der Waals surface area contributed by atoms with E-state index in [1.54, 1.807) is 6.20 Å². The van der Waals surface area contributed by atoms with Gasteiger partial charge in [-0.05, 0) is 6.07 Å². The molecule has 0 spiro atoms. The van der Waals surface area contributed by atoms with E-state index in [1.807, 2.05) is 24.3 Å². The van der Waals surface area contributed by atoms with Crippen LogP contribution in [0.15, 0.2) is 30.5 Å². The summed E-state index contributed by atoms with van der Waals surface area (Å²) >= 11 is 0. The molecule has 1 heterocycles. The second-order valence-electron chi connectivity index (χ2n) is 2.41. The second-order valence-corrected chi connectivity index (χ2v) is 2.41. The molecule has 0 amide bonds. The predicted molar refractivity (Wildman–Crippen MR) is 43.7 cm³/mol. The van der Waals surface area contributed by atoms with E-state index in [1.165, 1.54) is 0 Å². The maximum Gasteiger partial charge on any atom is 0.152 e. The first-order chi connectivity index (χ1) is 5.42. The Labute approximate surface area is 80.4 Å². The first-order valence-electron chi connectivity index (χ1n) is 3.43. The van der Waals surface area contributed by atoms with Gasteiger partial charge in [0.05, 0.1) is 0 Å². The summed E-state index contributed by atoms with van der Waals surface area (Å²) in [5.41, 5.74) is 1.73. The van der Waals surface area contributed by atoms with E-state index in [0.717, 1.165) is 22.8 Å². The van der Waals surface area contributed by atoms with E-state index in [9.17, 15) is 4.79 Å². The molecule has 1 N–H and O–H groups in total. The first kappa shape index (κ1) is 9.04. The number of aldehydes is 1. The minimum atomic E-state index is 0. The maximum atomic E-state index is 10.5. The fourth-order valence-corrected chi connectivity index (χ4v) is 1.19. The van der Waals surface area contributed by atoms with Crippen molar-refractivity contribution in [1.82, 2.24) is 4.98 Å². The molecular weight excluding hydrogens is 194 g/mol. The fourth-order valence-electron chi connectivity index (χ4n) is 1.19. The van der Waals surface area contributed by atoms with Gasteiger partial charge in [0, 0.05) is 39.7 Å². The van der Waals surface area contributed by atoms with Gasteiger partial charge in [-0.1, -0.05) is 18.2 Å². The van der Waals surface area contributed by atoms with Gasteiger partial charge in [-0.15, -0.1) is 0 Å². The Hall–Kier alpha value is -1.05. The smallest absolute Gasteiger partial charge is 0.152 e. The van der Waals surface area contributed by atoms with E-state index >= 15 is 0 Å². The molecule has 0 unspecified atom stereocenters. The SMILES string of the molecule is O=Cc1c[nH]c2ccccc12.[Fe]. The molecule has 0 fully saturated rings. The van der Waals surface area contributed by atoms with Crippen LogP contribution in [0.2, 0.25) is 0 Å². The Morgan fingerprint density at radius 3 is 2.75 bits per heavy atom. The van der Waals surface area contributed by atoms with Crippen molar-refractivity contribution in [2.45, 2.75) is 0 Å². The molecule has 2 aromatic rings. The molecule has 2 rings (SSSR count). The molecule has 1 aromatic heterocycles. The quantitative estimate of drug-likeness (QED) is 0.555. The maximum absolute atomic E-state index is 10.5. The zero-order chi connectivity index (χ0) is 7.68. The molecule has 62 valence electrons. The summed E-state index contributed by atoms with van der Waals surface area (Å²) in [5, 5.41) is 0.988. The van der Waals surface area contributed by atoms with Crippen molar-refractivity contribution in [3.8, 4) is 0 Å². The fraction of sp³-hybridized carbons (Fsp3) is 0. The third-order valence-electron chi connectivity index (χ3n) is 1.75. The van der Waals surface area contributed by atoms with Crippen molar-refractivity contribution >= 4 is 17.2 Å². The molecular formula is C9H7FeNO. The molecule has 0 aliphatic rings. The summed E-state index contributed by atoms with van der Waals surface area (Å²) in [5.74, 6) is 0. The number of carbonyl (C=O) groups excluding carboxylic acids is 1. The predicted octanol–water partition coefficient (Wildman–Crippen LogP) is 1.98. The Balaban J connectivity index is 0.000000720. The van der Waals surface area contributed by atoms with Crippen molar-refractivity contribution in [3.63, 3.8) is 0 Å². The zero-order valence-corrected chi connectivity index (χ0v) is 7.33. The van der Waals surface area contributed by atoms with E-state index in [2.05, 4.69) is 4.98 Å². The molecule has 0 saturated carbocycles. The van der Waals surface area contributed by atoms with E-state index in [0.29, 0.717) is 0 Å². The second kappa shape index (κ2) is 3.57. The molecule has 0 bridgehead atoms. The van der Waals surface area contributed by atoms with Crippen LogP contribution in [0.3, 0.4) is 0 Å². The average Bonchev–Trinajstić information content (AvgIpc) is 2.47. The van der Waals surface area contributed by atoms with Crippen molar-refractivity contribution in [3.05, 3.63) is 36.0 Å². The molecule has 1 aromatic carbocycles. The van der Waals surface area contributed by atoms with Crippen molar-refractivity contribution in [1.29, 1.82) is 0 Å². The van der Waals surface area contributed by atoms with Gasteiger partial charge in [-0.3, -0.25) is 4.79 Å². The Kier molecular flexibility index (Phi) is 2.69. The van der Waals surface area contributed by atoms with E-state index in [4.69, 9.17) is 0 Å². The van der Waals surface area contributed by atoms with Crippen LogP contribution in [0.25, 0.3) is 10.9 Å². The summed E-state index contributed by atoms with van der Waals surface area (Å²) in [6, 6.07) is 7.73. The topological polar surface area (TPSA) is 32.9 Å². The van der Waals surface area contributed by atoms with Crippen LogP contribution in [0.1, 0.15) is 10.4 Å². The van der Waals surface area contributed by atoms with Crippen molar-refractivity contribution in [2.24, 2.45) is 0 Å². The number of aromatic amines is 1. The van der Waals surface area contributed by atoms with E-state index < -0.39 is 0 Å². The number of rotatable bonds is 1. The summed E-state index contributed by atoms with van der Waals surface area (Å²) in [4.78, 5) is 13.5. The molecule has 0 aliphatic heterocycles. The van der Waals surface area contributed by atoms with Gasteiger partial charge < -0.3 is 4.98 Å². The third-order valence-corrected chi connectivity index (χ3v) is 1.75. The molecule has 0 radical (unpaired) electrons. The van der Waals surface area contributed by atoms with Crippen molar-refractivity contribution in [2.75, 3.05) is 0 Å². The van der Waals surface area contributed by atoms with Crippen LogP contribution in [0.4, 0.5) is 0 Å². The van der Waals surface area contributed by atoms with Crippen LogP contribution in [0.5, 0.6) is 0 Å². The number of hydrogen-bond donors (Lipinski definition) is 1. The van der Waals surface area contributed by atoms with Crippen LogP contribution in [-0.2, 0) is 17.1 Å². The summed E-state index contributed by atoms with van der Waals surface area (Å²) in [6.07, 6.45) is 2.58. The van der Waals surface area contributed by atoms with E-state index in [-0.39, 0.29) is 17.1 Å². The zero-order valence-electron chi connectivity index (χ0n) is 6.23. The monoisotopic (exact) mass is 201 g/mol. The summed E-state index contributed by atoms with van der Waals surface area (Å²) < 4.78 is 0. The van der Waals surface area contributed by atoms with Crippen LogP contribution >= 0.6 is 0 Å². The number of nitrogens with one attached hydrogen (secondary N) is 1. The molecule has 2 nitrogen and oxygen atoms in total. The minimum absolute atomic E-state index is 0. The number of para-hydroxylation sites is 1. The largest absolute Gasteiger partial charge is 0.360 e. The molecule has 12 heavy (non-hydrogen) atoms. The molecule has 3 heteroatoms. The normalized spacial score (nSPS) is 9.33. The Morgan fingerprint density at radius 1 is 1.25 bits per heavy atom. The first-order valence-corrected chi connectivity index (χ1v) is 3.43. The van der Waals surface area contributed by atoms with Gasteiger partial charge in [0.15, 0.2) is 6.29 Å². The number of fused-ring (bicyclic) bond motifs is 1. The van der Waals surface area contributed by atoms with Crippen LogP contribution < -0.4 is 0 Å². The summed E-state index contributed by atoms with van der Waals surface area (Å²) in [6.45, 7) is 0. The minimum Gasteiger partial charge on any atom is -0.360 e. The van der Waals surface area contributed by atoms with Crippen LogP contribution in [-0.4, -0.2) is 11.3 Å². The van der Waals surface area contributed by atoms with Gasteiger partial charge in [0.25, 0.3) is 0 Å². The van der Waals surface area contributed by atoms with Crippen LogP contribution in [0, 0.1) is 0 Å². The average molecular weight is 201 g/mol. The van der Waals surface area contributed by atoms with Gasteiger partial charge in [-0.2, -0.15) is 0 Å². The van der Waals surface area contributed by atoms with Gasteiger partial charge in [0.2, 0.25) is 0 Å². The number of carbonyl (C=O) groups is 1. The number of benzene rings is 1. The number of hydrogen-bond acceptors (Lipinski definition) is 1. The molecule has 0 atom stereocenters. The molecule has 0 saturated heterocycles. The Morgan fingerprint density at radius 2 is 2.00 bits per heavy atom. The molecule has 0 aliphatic carbocycles. The standard InChI is InChI=1S/C9H7NO.Fe/c11-6-7-5-10-9-4-2-1-3-8(7)9;/h1-6,10H;. The van der Waals surface area contributed by atoms with Gasteiger partial charge in [-0.25, -0.2) is 0 Å². The van der Waals surface area contributed by atoms with Gasteiger partial charge >= 0.3 is 0 Å². The number of H-pyrrole nitrogens is 1. The van der Waals surface area contributed by atoms with Crippen molar-refractivity contribution < 1.29 is 21.9 Å². The van der Waals surface area contributed by atoms with Gasteiger partial charge in [0.1, 0.15) is 0 Å².